The topological polar surface area (TPSA) is 13.1 Å². The third-order valence-corrected chi connectivity index (χ3v) is 20.4. The third kappa shape index (κ3) is 4.59. The zero-order chi connectivity index (χ0) is 17.6. The normalized spacial score (nSPS) is 12.2. The van der Waals surface area contributed by atoms with Crippen molar-refractivity contribution in [1.29, 1.82) is 0 Å². The number of hydrogen-bond donors (Lipinski definition) is 0. The van der Waals surface area contributed by atoms with Crippen molar-refractivity contribution < 1.29 is 4.42 Å². The maximum absolute atomic E-state index is 6.58. The fourth-order valence-electron chi connectivity index (χ4n) is 4.04. The summed E-state index contributed by atoms with van der Waals surface area (Å²) >= 11 is -2.43. The first-order chi connectivity index (χ1) is 11.6. The molecule has 0 atom stereocenters. The van der Waals surface area contributed by atoms with Gasteiger partial charge in [-0.25, -0.2) is 0 Å². The summed E-state index contributed by atoms with van der Waals surface area (Å²) in [6, 6.07) is 6.99. The van der Waals surface area contributed by atoms with Crippen LogP contribution in [0.1, 0.15) is 70.4 Å². The number of aryl methyl sites for hydroxylation is 2. The van der Waals surface area contributed by atoms with Gasteiger partial charge in [0.15, 0.2) is 0 Å². The van der Waals surface area contributed by atoms with Crippen molar-refractivity contribution in [2.75, 3.05) is 0 Å². The Hall–Kier alpha value is -0.441. The Morgan fingerprint density at radius 1 is 0.792 bits per heavy atom. The monoisotopic (exact) mass is 436 g/mol. The van der Waals surface area contributed by atoms with Crippen molar-refractivity contribution in [3.05, 3.63) is 29.3 Å². The molecule has 0 saturated heterocycles. The van der Waals surface area contributed by atoms with Gasteiger partial charge in [-0.05, 0) is 0 Å². The summed E-state index contributed by atoms with van der Waals surface area (Å²) in [6.07, 6.45) is 8.11. The van der Waals surface area contributed by atoms with Gasteiger partial charge in [0, 0.05) is 0 Å². The number of fused-ring (bicyclic) bond motifs is 1. The third-order valence-electron chi connectivity index (χ3n) is 5.54. The maximum atomic E-state index is 6.58. The van der Waals surface area contributed by atoms with Crippen LogP contribution in [-0.2, 0) is 0 Å². The number of hydrogen-bond acceptors (Lipinski definition) is 1. The van der Waals surface area contributed by atoms with E-state index in [9.17, 15) is 0 Å². The summed E-state index contributed by atoms with van der Waals surface area (Å²) in [5.74, 6) is 0. The second-order valence-electron chi connectivity index (χ2n) is 7.70. The molecule has 0 aliphatic heterocycles. The van der Waals surface area contributed by atoms with E-state index in [0.29, 0.717) is 0 Å². The van der Waals surface area contributed by atoms with Crippen LogP contribution in [0.2, 0.25) is 13.3 Å². The quantitative estimate of drug-likeness (QED) is 0.363. The molecule has 2 aromatic rings. The van der Waals surface area contributed by atoms with E-state index in [1.807, 2.05) is 0 Å². The van der Waals surface area contributed by atoms with E-state index in [1.165, 1.54) is 72.1 Å². The van der Waals surface area contributed by atoms with E-state index < -0.39 is 18.4 Å². The first-order valence-corrected chi connectivity index (χ1v) is 17.6. The van der Waals surface area contributed by atoms with Gasteiger partial charge in [-0.3, -0.25) is 0 Å². The molecule has 0 amide bonds. The summed E-state index contributed by atoms with van der Waals surface area (Å²) in [7, 11) is 0. The molecule has 0 radical (unpaired) electrons. The van der Waals surface area contributed by atoms with Crippen LogP contribution in [0.4, 0.5) is 0 Å². The van der Waals surface area contributed by atoms with Crippen LogP contribution in [0.15, 0.2) is 22.6 Å². The van der Waals surface area contributed by atoms with Crippen molar-refractivity contribution >= 4 is 33.1 Å². The summed E-state index contributed by atoms with van der Waals surface area (Å²) in [5, 5.41) is 1.36. The Kier molecular flexibility index (Phi) is 7.71. The van der Waals surface area contributed by atoms with Crippen LogP contribution >= 0.6 is 0 Å². The number of furan rings is 1. The molecule has 0 bridgehead atoms. The van der Waals surface area contributed by atoms with Crippen molar-refractivity contribution in [3.63, 3.8) is 0 Å². The molecular formula is C22H36OSn. The molecule has 0 unspecified atom stereocenters. The van der Waals surface area contributed by atoms with Gasteiger partial charge in [-0.15, -0.1) is 0 Å². The molecule has 0 fully saturated rings. The zero-order valence-corrected chi connectivity index (χ0v) is 19.4. The van der Waals surface area contributed by atoms with Gasteiger partial charge in [-0.2, -0.15) is 0 Å². The molecule has 1 aromatic carbocycles. The number of unbranched alkanes of at least 4 members (excludes halogenated alkanes) is 3. The van der Waals surface area contributed by atoms with Crippen LogP contribution < -0.4 is 3.78 Å². The summed E-state index contributed by atoms with van der Waals surface area (Å²) in [4.78, 5) is 0. The second kappa shape index (κ2) is 9.31. The van der Waals surface area contributed by atoms with Gasteiger partial charge in [0.05, 0.1) is 0 Å². The van der Waals surface area contributed by atoms with Gasteiger partial charge in [0.1, 0.15) is 0 Å². The van der Waals surface area contributed by atoms with E-state index in [0.717, 1.165) is 5.58 Å². The van der Waals surface area contributed by atoms with Crippen LogP contribution in [0.5, 0.6) is 0 Å². The molecule has 2 heteroatoms. The first kappa shape index (κ1) is 19.9. The average molecular weight is 435 g/mol. The molecule has 134 valence electrons. The van der Waals surface area contributed by atoms with E-state index in [4.69, 9.17) is 4.42 Å². The standard InChI is InChI=1S/C10H9O.3C4H9.Sn/c1-7-5-8(2)9-3-4-11-10(9)6-7;3*1-3-4-2;/h3,5-6H,1-2H3;3*1,3-4H2,2H3;. The first-order valence-electron chi connectivity index (χ1n) is 10.1. The van der Waals surface area contributed by atoms with Crippen LogP contribution in [-0.4, -0.2) is 18.4 Å². The molecule has 0 N–H and O–H groups in total. The molecule has 24 heavy (non-hydrogen) atoms. The van der Waals surface area contributed by atoms with Gasteiger partial charge in [0.2, 0.25) is 0 Å². The SMILES string of the molecule is CCC[CH2][Sn]([CH2]CCC)([CH2]CCC)[c]1cc2c(C)cc(C)cc2o1. The van der Waals surface area contributed by atoms with Gasteiger partial charge in [0.25, 0.3) is 0 Å². The average Bonchev–Trinajstić information content (AvgIpc) is 2.99. The van der Waals surface area contributed by atoms with Crippen LogP contribution in [0, 0.1) is 13.8 Å². The molecule has 1 aromatic heterocycles. The molecule has 0 aliphatic carbocycles. The van der Waals surface area contributed by atoms with Crippen molar-refractivity contribution in [1.82, 2.24) is 0 Å². The zero-order valence-electron chi connectivity index (χ0n) is 16.5. The molecule has 1 nitrogen and oxygen atoms in total. The van der Waals surface area contributed by atoms with Crippen molar-refractivity contribution in [3.8, 4) is 0 Å². The Labute approximate surface area is 153 Å². The Morgan fingerprint density at radius 2 is 1.33 bits per heavy atom. The predicted octanol–water partition coefficient (Wildman–Crippen LogP) is 7.11. The summed E-state index contributed by atoms with van der Waals surface area (Å²) < 4.78 is 12.5. The molecule has 1 heterocycles. The van der Waals surface area contributed by atoms with Gasteiger partial charge >= 0.3 is 153 Å². The second-order valence-corrected chi connectivity index (χ2v) is 20.7. The molecular weight excluding hydrogens is 399 g/mol. The Bertz CT molecular complexity index is 619. The fourth-order valence-corrected chi connectivity index (χ4v) is 19.3. The van der Waals surface area contributed by atoms with E-state index >= 15 is 0 Å². The summed E-state index contributed by atoms with van der Waals surface area (Å²) in [5.41, 5.74) is 3.83. The molecule has 0 spiro atoms. The predicted molar refractivity (Wildman–Crippen MR) is 110 cm³/mol. The number of benzene rings is 1. The van der Waals surface area contributed by atoms with Crippen LogP contribution in [0.3, 0.4) is 0 Å². The fraction of sp³-hybridized carbons (Fsp3) is 0.636. The van der Waals surface area contributed by atoms with E-state index in [1.54, 1.807) is 0 Å². The van der Waals surface area contributed by atoms with E-state index in [2.05, 4.69) is 52.8 Å². The Balaban J connectivity index is 2.48. The minimum absolute atomic E-state index is 1.13. The molecule has 2 rings (SSSR count). The van der Waals surface area contributed by atoms with Gasteiger partial charge in [-0.1, -0.05) is 0 Å². The van der Waals surface area contributed by atoms with Crippen molar-refractivity contribution in [2.24, 2.45) is 0 Å². The van der Waals surface area contributed by atoms with Crippen LogP contribution in [0.25, 0.3) is 11.0 Å². The molecule has 0 aliphatic rings. The summed E-state index contributed by atoms with van der Waals surface area (Å²) in [6.45, 7) is 11.4. The number of rotatable bonds is 10. The minimum atomic E-state index is -2.43. The van der Waals surface area contributed by atoms with E-state index in [-0.39, 0.29) is 0 Å². The molecule has 0 saturated carbocycles. The van der Waals surface area contributed by atoms with Crippen molar-refractivity contribution in [2.45, 2.75) is 86.5 Å². The van der Waals surface area contributed by atoms with Gasteiger partial charge < -0.3 is 0 Å². The Morgan fingerprint density at radius 3 is 1.83 bits per heavy atom.